The minimum absolute atomic E-state index is 0.0639. The quantitative estimate of drug-likeness (QED) is 0.398. The van der Waals surface area contributed by atoms with Crippen LogP contribution in [0, 0.1) is 17.3 Å². The van der Waals surface area contributed by atoms with Gasteiger partial charge in [-0.1, -0.05) is 27.7 Å². The van der Waals surface area contributed by atoms with Gasteiger partial charge in [0.1, 0.15) is 0 Å². The second-order valence-corrected chi connectivity index (χ2v) is 11.9. The number of hydrogen-bond donors (Lipinski definition) is 2. The van der Waals surface area contributed by atoms with Crippen LogP contribution in [0.2, 0.25) is 0 Å². The molecule has 0 aromatic carbocycles. The van der Waals surface area contributed by atoms with Gasteiger partial charge in [0.15, 0.2) is 0 Å². The van der Waals surface area contributed by atoms with Crippen LogP contribution in [0.25, 0.3) is 0 Å². The van der Waals surface area contributed by atoms with Crippen LogP contribution in [0.15, 0.2) is 0 Å². The molecule has 1 atom stereocenters. The van der Waals surface area contributed by atoms with Gasteiger partial charge in [-0.25, -0.2) is 0 Å². The third-order valence-electron chi connectivity index (χ3n) is 4.74. The first-order valence-electron chi connectivity index (χ1n) is 11.1. The highest BCUT2D eigenvalue weighted by molar-refractivity contribution is 4.90. The standard InChI is InChI=1S/C24H50O4/c1-18(2)12-24(13-19(3)4,14-20(5)27-16-21(6,7)25)15-23(10,11)28-17-22(8,9)26/h18-20,25-26H,12-17H2,1-11H3. The molecule has 170 valence electrons. The summed E-state index contributed by atoms with van der Waals surface area (Å²) in [4.78, 5) is 0. The number of hydrogen-bond acceptors (Lipinski definition) is 4. The number of aliphatic hydroxyl groups is 2. The van der Waals surface area contributed by atoms with Crippen molar-refractivity contribution in [1.82, 2.24) is 0 Å². The van der Waals surface area contributed by atoms with Gasteiger partial charge in [0, 0.05) is 0 Å². The van der Waals surface area contributed by atoms with Crippen LogP contribution >= 0.6 is 0 Å². The Kier molecular flexibility index (Phi) is 10.7. The third kappa shape index (κ3) is 13.9. The molecule has 28 heavy (non-hydrogen) atoms. The van der Waals surface area contributed by atoms with Crippen LogP contribution in [0.1, 0.15) is 102 Å². The molecule has 0 heterocycles. The summed E-state index contributed by atoms with van der Waals surface area (Å²) >= 11 is 0. The van der Waals surface area contributed by atoms with E-state index in [0.29, 0.717) is 25.0 Å². The van der Waals surface area contributed by atoms with E-state index in [2.05, 4.69) is 48.5 Å². The number of rotatable bonds is 14. The SMILES string of the molecule is CC(C)CC(CC(C)C)(CC(C)OCC(C)(C)O)CC(C)(C)OCC(C)(C)O. The highest BCUT2D eigenvalue weighted by Gasteiger charge is 2.40. The van der Waals surface area contributed by atoms with Crippen molar-refractivity contribution in [3.63, 3.8) is 0 Å². The largest absolute Gasteiger partial charge is 0.388 e. The highest BCUT2D eigenvalue weighted by Crippen LogP contribution is 2.46. The van der Waals surface area contributed by atoms with E-state index in [4.69, 9.17) is 9.47 Å². The van der Waals surface area contributed by atoms with Gasteiger partial charge in [-0.2, -0.15) is 0 Å². The predicted molar refractivity (Wildman–Crippen MR) is 119 cm³/mol. The minimum atomic E-state index is -0.834. The summed E-state index contributed by atoms with van der Waals surface area (Å²) < 4.78 is 12.2. The summed E-state index contributed by atoms with van der Waals surface area (Å²) in [7, 11) is 0. The van der Waals surface area contributed by atoms with E-state index < -0.39 is 11.2 Å². The van der Waals surface area contributed by atoms with Gasteiger partial charge in [-0.3, -0.25) is 0 Å². The van der Waals surface area contributed by atoms with E-state index in [9.17, 15) is 10.2 Å². The second-order valence-electron chi connectivity index (χ2n) is 11.9. The lowest BCUT2D eigenvalue weighted by Gasteiger charge is -2.44. The lowest BCUT2D eigenvalue weighted by atomic mass is 9.65. The molecule has 0 rings (SSSR count). The molecule has 0 aliphatic carbocycles. The molecular weight excluding hydrogens is 352 g/mol. The average Bonchev–Trinajstić information content (AvgIpc) is 2.39. The fraction of sp³-hybridized carbons (Fsp3) is 1.00. The van der Waals surface area contributed by atoms with Crippen molar-refractivity contribution in [3.8, 4) is 0 Å². The van der Waals surface area contributed by atoms with Crippen LogP contribution < -0.4 is 0 Å². The molecule has 0 fully saturated rings. The Labute approximate surface area is 175 Å². The van der Waals surface area contributed by atoms with E-state index in [1.165, 1.54) is 0 Å². The van der Waals surface area contributed by atoms with Crippen LogP contribution in [0.3, 0.4) is 0 Å². The van der Waals surface area contributed by atoms with E-state index in [1.54, 1.807) is 27.7 Å². The zero-order valence-corrected chi connectivity index (χ0v) is 20.7. The summed E-state index contributed by atoms with van der Waals surface area (Å²) in [6.45, 7) is 23.3. The Hall–Kier alpha value is -0.160. The molecule has 0 spiro atoms. The molecule has 0 aliphatic rings. The first-order valence-corrected chi connectivity index (χ1v) is 11.1. The Bertz CT molecular complexity index is 417. The molecule has 0 saturated heterocycles. The lowest BCUT2D eigenvalue weighted by molar-refractivity contribution is -0.121. The van der Waals surface area contributed by atoms with E-state index >= 15 is 0 Å². The van der Waals surface area contributed by atoms with Gasteiger partial charge in [0.2, 0.25) is 0 Å². The molecule has 0 aromatic rings. The third-order valence-corrected chi connectivity index (χ3v) is 4.74. The van der Waals surface area contributed by atoms with E-state index in [0.717, 1.165) is 25.7 Å². The number of ether oxygens (including phenoxy) is 2. The van der Waals surface area contributed by atoms with Crippen molar-refractivity contribution in [2.75, 3.05) is 13.2 Å². The Morgan fingerprint density at radius 1 is 0.679 bits per heavy atom. The van der Waals surface area contributed by atoms with E-state index in [-0.39, 0.29) is 17.1 Å². The topological polar surface area (TPSA) is 58.9 Å². The molecule has 1 unspecified atom stereocenters. The highest BCUT2D eigenvalue weighted by atomic mass is 16.5. The van der Waals surface area contributed by atoms with Gasteiger partial charge < -0.3 is 19.7 Å². The molecular formula is C24H50O4. The summed E-state index contributed by atoms with van der Waals surface area (Å²) in [5.41, 5.74) is -1.90. The molecule has 0 aromatic heterocycles. The van der Waals surface area contributed by atoms with Gasteiger partial charge in [-0.15, -0.1) is 0 Å². The first-order chi connectivity index (χ1) is 12.3. The van der Waals surface area contributed by atoms with Crippen molar-refractivity contribution < 1.29 is 19.7 Å². The van der Waals surface area contributed by atoms with Gasteiger partial charge in [0.25, 0.3) is 0 Å². The van der Waals surface area contributed by atoms with Crippen molar-refractivity contribution >= 4 is 0 Å². The predicted octanol–water partition coefficient (Wildman–Crippen LogP) is 5.59. The monoisotopic (exact) mass is 402 g/mol. The molecule has 0 radical (unpaired) electrons. The molecule has 4 nitrogen and oxygen atoms in total. The molecule has 0 saturated carbocycles. The fourth-order valence-electron chi connectivity index (χ4n) is 4.54. The fourth-order valence-corrected chi connectivity index (χ4v) is 4.54. The maximum atomic E-state index is 10.1. The minimum Gasteiger partial charge on any atom is -0.388 e. The maximum absolute atomic E-state index is 10.1. The van der Waals surface area contributed by atoms with Gasteiger partial charge in [0.05, 0.1) is 36.1 Å². The summed E-state index contributed by atoms with van der Waals surface area (Å²) in [5.74, 6) is 1.15. The van der Waals surface area contributed by atoms with E-state index in [1.807, 2.05) is 0 Å². The van der Waals surface area contributed by atoms with Crippen molar-refractivity contribution in [2.24, 2.45) is 17.3 Å². The van der Waals surface area contributed by atoms with Crippen LogP contribution in [-0.4, -0.2) is 46.3 Å². The summed E-state index contributed by atoms with van der Waals surface area (Å²) in [6.07, 6.45) is 4.14. The Morgan fingerprint density at radius 3 is 1.46 bits per heavy atom. The van der Waals surface area contributed by atoms with Crippen molar-refractivity contribution in [3.05, 3.63) is 0 Å². The second kappa shape index (κ2) is 10.7. The maximum Gasteiger partial charge on any atom is 0.0824 e. The van der Waals surface area contributed by atoms with Gasteiger partial charge in [-0.05, 0) is 91.4 Å². The van der Waals surface area contributed by atoms with Crippen LogP contribution in [0.5, 0.6) is 0 Å². The normalized spacial score (nSPS) is 15.5. The zero-order valence-electron chi connectivity index (χ0n) is 20.7. The van der Waals surface area contributed by atoms with Crippen molar-refractivity contribution in [1.29, 1.82) is 0 Å². The van der Waals surface area contributed by atoms with Gasteiger partial charge >= 0.3 is 0 Å². The smallest absolute Gasteiger partial charge is 0.0824 e. The molecule has 0 aliphatic heterocycles. The molecule has 0 bridgehead atoms. The zero-order chi connectivity index (χ0) is 22.4. The lowest BCUT2D eigenvalue weighted by Crippen LogP contribution is -2.42. The Balaban J connectivity index is 5.49. The summed E-state index contributed by atoms with van der Waals surface area (Å²) in [6, 6.07) is 0. The van der Waals surface area contributed by atoms with Crippen LogP contribution in [0.4, 0.5) is 0 Å². The molecule has 2 N–H and O–H groups in total. The Morgan fingerprint density at radius 2 is 1.11 bits per heavy atom. The average molecular weight is 403 g/mol. The van der Waals surface area contributed by atoms with Crippen molar-refractivity contribution in [2.45, 2.75) is 125 Å². The summed E-state index contributed by atoms with van der Waals surface area (Å²) in [5, 5.41) is 20.1. The first kappa shape index (κ1) is 27.8. The van der Waals surface area contributed by atoms with Crippen LogP contribution in [-0.2, 0) is 9.47 Å². The molecule has 4 heteroatoms. The molecule has 0 amide bonds.